The van der Waals surface area contributed by atoms with Gasteiger partial charge in [-0.3, -0.25) is 4.79 Å². The van der Waals surface area contributed by atoms with Crippen molar-refractivity contribution in [1.29, 1.82) is 0 Å². The monoisotopic (exact) mass is 291 g/mol. The lowest BCUT2D eigenvalue weighted by atomic mass is 9.87. The summed E-state index contributed by atoms with van der Waals surface area (Å²) in [5.41, 5.74) is 1.52. The van der Waals surface area contributed by atoms with Gasteiger partial charge in [-0.05, 0) is 35.4 Å². The Morgan fingerprint density at radius 2 is 1.95 bits per heavy atom. The van der Waals surface area contributed by atoms with E-state index in [-0.39, 0.29) is 11.3 Å². The highest BCUT2D eigenvalue weighted by atomic mass is 32.2. The Hall–Kier alpha value is -0.960. The first-order valence-electron chi connectivity index (χ1n) is 7.37. The zero-order valence-corrected chi connectivity index (χ0v) is 13.8. The number of hydrogen-bond acceptors (Lipinski definition) is 2. The van der Waals surface area contributed by atoms with Crippen LogP contribution in [0.5, 0.6) is 0 Å². The van der Waals surface area contributed by atoms with Gasteiger partial charge in [-0.15, -0.1) is 11.8 Å². The molecule has 2 rings (SSSR count). The van der Waals surface area contributed by atoms with Crippen LogP contribution in [-0.4, -0.2) is 29.6 Å². The van der Waals surface area contributed by atoms with E-state index in [4.69, 9.17) is 0 Å². The van der Waals surface area contributed by atoms with Crippen LogP contribution in [0, 0.1) is 5.92 Å². The quantitative estimate of drug-likeness (QED) is 0.786. The largest absolute Gasteiger partial charge is 0.342 e. The third kappa shape index (κ3) is 4.02. The SMILES string of the molecule is CC1CCN(C(=O)CSc2ccc(C(C)(C)C)cc2)C1. The van der Waals surface area contributed by atoms with Crippen molar-refractivity contribution in [3.8, 4) is 0 Å². The van der Waals surface area contributed by atoms with Gasteiger partial charge in [0.25, 0.3) is 0 Å². The normalized spacial score (nSPS) is 19.4. The molecule has 1 aliphatic rings. The van der Waals surface area contributed by atoms with Gasteiger partial charge in [0, 0.05) is 18.0 Å². The molecule has 0 N–H and O–H groups in total. The fourth-order valence-corrected chi connectivity index (χ4v) is 3.25. The summed E-state index contributed by atoms with van der Waals surface area (Å²) in [7, 11) is 0. The summed E-state index contributed by atoms with van der Waals surface area (Å²) < 4.78 is 0. The summed E-state index contributed by atoms with van der Waals surface area (Å²) in [6.07, 6.45) is 1.15. The molecule has 1 amide bonds. The molecular weight excluding hydrogens is 266 g/mol. The smallest absolute Gasteiger partial charge is 0.232 e. The Bertz CT molecular complexity index is 461. The fourth-order valence-electron chi connectivity index (χ4n) is 2.45. The maximum absolute atomic E-state index is 12.1. The maximum atomic E-state index is 12.1. The van der Waals surface area contributed by atoms with Crippen LogP contribution in [0.2, 0.25) is 0 Å². The topological polar surface area (TPSA) is 20.3 Å². The van der Waals surface area contributed by atoms with E-state index < -0.39 is 0 Å². The molecule has 20 heavy (non-hydrogen) atoms. The van der Waals surface area contributed by atoms with E-state index in [1.165, 1.54) is 10.5 Å². The van der Waals surface area contributed by atoms with Gasteiger partial charge >= 0.3 is 0 Å². The lowest BCUT2D eigenvalue weighted by Crippen LogP contribution is -2.29. The minimum absolute atomic E-state index is 0.185. The van der Waals surface area contributed by atoms with Crippen molar-refractivity contribution in [3.05, 3.63) is 29.8 Å². The third-order valence-electron chi connectivity index (χ3n) is 3.86. The molecule has 0 saturated carbocycles. The van der Waals surface area contributed by atoms with Crippen molar-refractivity contribution >= 4 is 17.7 Å². The molecule has 0 aliphatic carbocycles. The first kappa shape index (κ1) is 15.4. The molecule has 110 valence electrons. The molecule has 1 heterocycles. The number of thioether (sulfide) groups is 1. The van der Waals surface area contributed by atoms with E-state index in [1.54, 1.807) is 11.8 Å². The molecule has 1 fully saturated rings. The number of likely N-dealkylation sites (tertiary alicyclic amines) is 1. The van der Waals surface area contributed by atoms with Gasteiger partial charge in [0.05, 0.1) is 5.75 Å². The number of hydrogen-bond donors (Lipinski definition) is 0. The molecule has 1 aromatic rings. The highest BCUT2D eigenvalue weighted by molar-refractivity contribution is 8.00. The average molecular weight is 291 g/mol. The minimum Gasteiger partial charge on any atom is -0.342 e. The number of benzene rings is 1. The van der Waals surface area contributed by atoms with Crippen LogP contribution in [0.15, 0.2) is 29.2 Å². The number of carbonyl (C=O) groups excluding carboxylic acids is 1. The maximum Gasteiger partial charge on any atom is 0.232 e. The van der Waals surface area contributed by atoms with E-state index in [2.05, 4.69) is 52.0 Å². The Kier molecular flexibility index (Phi) is 4.79. The van der Waals surface area contributed by atoms with Crippen LogP contribution in [0.1, 0.15) is 39.7 Å². The molecule has 0 aromatic heterocycles. The van der Waals surface area contributed by atoms with Gasteiger partial charge in [-0.2, -0.15) is 0 Å². The summed E-state index contributed by atoms with van der Waals surface area (Å²) in [5.74, 6) is 1.50. The van der Waals surface area contributed by atoms with Crippen LogP contribution in [0.25, 0.3) is 0 Å². The molecule has 1 atom stereocenters. The molecule has 0 radical (unpaired) electrons. The molecule has 1 aromatic carbocycles. The van der Waals surface area contributed by atoms with Gasteiger partial charge < -0.3 is 4.90 Å². The Morgan fingerprint density at radius 1 is 1.30 bits per heavy atom. The molecule has 2 nitrogen and oxygen atoms in total. The molecule has 3 heteroatoms. The number of rotatable bonds is 3. The standard InChI is InChI=1S/C17H25NOS/c1-13-9-10-18(11-13)16(19)12-20-15-7-5-14(6-8-15)17(2,3)4/h5-8,13H,9-12H2,1-4H3. The fraction of sp³-hybridized carbons (Fsp3) is 0.588. The Labute approximate surface area is 126 Å². The van der Waals surface area contributed by atoms with E-state index in [0.29, 0.717) is 11.7 Å². The van der Waals surface area contributed by atoms with Crippen LogP contribution in [-0.2, 0) is 10.2 Å². The van der Waals surface area contributed by atoms with Gasteiger partial charge in [-0.1, -0.05) is 39.8 Å². The highest BCUT2D eigenvalue weighted by Gasteiger charge is 2.22. The molecule has 1 saturated heterocycles. The third-order valence-corrected chi connectivity index (χ3v) is 4.86. The van der Waals surface area contributed by atoms with E-state index in [1.807, 2.05) is 4.90 Å². The van der Waals surface area contributed by atoms with Crippen molar-refractivity contribution in [3.63, 3.8) is 0 Å². The minimum atomic E-state index is 0.185. The molecule has 1 aliphatic heterocycles. The first-order chi connectivity index (χ1) is 9.36. The Balaban J connectivity index is 1.86. The zero-order chi connectivity index (χ0) is 14.8. The summed E-state index contributed by atoms with van der Waals surface area (Å²) in [5, 5.41) is 0. The summed E-state index contributed by atoms with van der Waals surface area (Å²) >= 11 is 1.64. The van der Waals surface area contributed by atoms with Crippen molar-refractivity contribution in [2.24, 2.45) is 5.92 Å². The second kappa shape index (κ2) is 6.21. The summed E-state index contributed by atoms with van der Waals surface area (Å²) in [6, 6.07) is 8.60. The summed E-state index contributed by atoms with van der Waals surface area (Å²) in [6.45, 7) is 10.7. The highest BCUT2D eigenvalue weighted by Crippen LogP contribution is 2.26. The number of carbonyl (C=O) groups is 1. The second-order valence-electron chi connectivity index (χ2n) is 6.80. The van der Waals surface area contributed by atoms with Gasteiger partial charge in [-0.25, -0.2) is 0 Å². The van der Waals surface area contributed by atoms with E-state index >= 15 is 0 Å². The van der Waals surface area contributed by atoms with Crippen molar-refractivity contribution < 1.29 is 4.79 Å². The second-order valence-corrected chi connectivity index (χ2v) is 7.85. The molecule has 0 spiro atoms. The predicted molar refractivity (Wildman–Crippen MR) is 86.2 cm³/mol. The van der Waals surface area contributed by atoms with Crippen molar-refractivity contribution in [2.75, 3.05) is 18.8 Å². The van der Waals surface area contributed by atoms with Crippen LogP contribution in [0.3, 0.4) is 0 Å². The van der Waals surface area contributed by atoms with Crippen LogP contribution < -0.4 is 0 Å². The predicted octanol–water partition coefficient (Wildman–Crippen LogP) is 3.94. The van der Waals surface area contributed by atoms with E-state index in [0.717, 1.165) is 19.5 Å². The van der Waals surface area contributed by atoms with Gasteiger partial charge in [0.2, 0.25) is 5.91 Å². The van der Waals surface area contributed by atoms with E-state index in [9.17, 15) is 4.79 Å². The summed E-state index contributed by atoms with van der Waals surface area (Å²) in [4.78, 5) is 15.3. The lowest BCUT2D eigenvalue weighted by molar-refractivity contribution is -0.127. The molecule has 0 bridgehead atoms. The van der Waals surface area contributed by atoms with Gasteiger partial charge in [0.1, 0.15) is 0 Å². The molecule has 1 unspecified atom stereocenters. The Morgan fingerprint density at radius 3 is 2.45 bits per heavy atom. The van der Waals surface area contributed by atoms with Crippen molar-refractivity contribution in [1.82, 2.24) is 4.90 Å². The number of amides is 1. The average Bonchev–Trinajstić information content (AvgIpc) is 2.82. The lowest BCUT2D eigenvalue weighted by Gasteiger charge is -2.19. The van der Waals surface area contributed by atoms with Crippen LogP contribution in [0.4, 0.5) is 0 Å². The van der Waals surface area contributed by atoms with Crippen molar-refractivity contribution in [2.45, 2.75) is 44.4 Å². The first-order valence-corrected chi connectivity index (χ1v) is 8.36. The number of nitrogens with zero attached hydrogens (tertiary/aromatic N) is 1. The van der Waals surface area contributed by atoms with Crippen LogP contribution >= 0.6 is 11.8 Å². The van der Waals surface area contributed by atoms with Gasteiger partial charge in [0.15, 0.2) is 0 Å². The zero-order valence-electron chi connectivity index (χ0n) is 13.0. The molecular formula is C17H25NOS.